The molecule has 0 spiro atoms. The molecule has 1 heterocycles. The summed E-state index contributed by atoms with van der Waals surface area (Å²) in [6.45, 7) is 1.85. The monoisotopic (exact) mass is 176 g/mol. The molecule has 3 nitrogen and oxygen atoms in total. The first-order chi connectivity index (χ1) is 5.11. The van der Waals surface area contributed by atoms with Gasteiger partial charge in [-0.25, -0.2) is 0 Å². The van der Waals surface area contributed by atoms with Gasteiger partial charge in [0.15, 0.2) is 0 Å². The normalized spacial score (nSPS) is 38.5. The van der Waals surface area contributed by atoms with Gasteiger partial charge in [-0.3, -0.25) is 9.00 Å². The Balaban J connectivity index is 2.52. The summed E-state index contributed by atoms with van der Waals surface area (Å²) < 4.78 is 11.1. The Hall–Kier alpha value is -0.380. The van der Waals surface area contributed by atoms with Crippen molar-refractivity contribution in [1.82, 2.24) is 0 Å². The van der Waals surface area contributed by atoms with Gasteiger partial charge in [0.2, 0.25) is 0 Å². The van der Waals surface area contributed by atoms with E-state index in [0.29, 0.717) is 18.6 Å². The molecule has 64 valence electrons. The van der Waals surface area contributed by atoms with E-state index in [1.807, 2.05) is 6.92 Å². The lowest BCUT2D eigenvalue weighted by atomic mass is 10.0. The molecule has 1 saturated heterocycles. The lowest BCUT2D eigenvalue weighted by Gasteiger charge is -2.22. The number of carbonyl (C=O) groups is 1. The van der Waals surface area contributed by atoms with E-state index in [9.17, 15) is 9.00 Å². The number of hydrogen-bond acceptors (Lipinski definition) is 2. The molecule has 0 aliphatic carbocycles. The van der Waals surface area contributed by atoms with Gasteiger partial charge in [0.25, 0.3) is 0 Å². The smallest absolute Gasteiger partial charge is 0.306 e. The van der Waals surface area contributed by atoms with Crippen molar-refractivity contribution in [2.45, 2.75) is 25.0 Å². The molecule has 3 unspecified atom stereocenters. The van der Waals surface area contributed by atoms with Crippen LogP contribution in [-0.4, -0.2) is 26.3 Å². The van der Waals surface area contributed by atoms with Crippen LogP contribution in [0.2, 0.25) is 0 Å². The predicted molar refractivity (Wildman–Crippen MR) is 42.8 cm³/mol. The van der Waals surface area contributed by atoms with Crippen LogP contribution in [0.5, 0.6) is 0 Å². The van der Waals surface area contributed by atoms with Crippen molar-refractivity contribution in [1.29, 1.82) is 0 Å². The maximum absolute atomic E-state index is 11.1. The zero-order chi connectivity index (χ0) is 8.43. The molecule has 1 fully saturated rings. The topological polar surface area (TPSA) is 54.4 Å². The van der Waals surface area contributed by atoms with Gasteiger partial charge in [-0.05, 0) is 12.8 Å². The molecule has 1 rings (SSSR count). The van der Waals surface area contributed by atoms with Gasteiger partial charge in [-0.2, -0.15) is 0 Å². The number of aliphatic carboxylic acids is 1. The molecule has 1 aliphatic rings. The number of carboxylic acid groups (broad SMARTS) is 1. The van der Waals surface area contributed by atoms with Gasteiger partial charge in [0.05, 0.1) is 5.92 Å². The van der Waals surface area contributed by atoms with Gasteiger partial charge < -0.3 is 5.11 Å². The van der Waals surface area contributed by atoms with E-state index >= 15 is 0 Å². The second-order valence-corrected chi connectivity index (χ2v) is 4.93. The minimum absolute atomic E-state index is 0.0600. The summed E-state index contributed by atoms with van der Waals surface area (Å²) in [5, 5.41) is 8.70. The second kappa shape index (κ2) is 3.34. The lowest BCUT2D eigenvalue weighted by Crippen LogP contribution is -2.30. The Labute approximate surface area is 68.3 Å². The minimum atomic E-state index is -0.786. The Morgan fingerprint density at radius 2 is 2.27 bits per heavy atom. The average Bonchev–Trinajstić information content (AvgIpc) is 1.94. The van der Waals surface area contributed by atoms with E-state index in [2.05, 4.69) is 0 Å². The van der Waals surface area contributed by atoms with Crippen molar-refractivity contribution >= 4 is 16.8 Å². The van der Waals surface area contributed by atoms with E-state index in [4.69, 9.17) is 5.11 Å². The Kier molecular flexibility index (Phi) is 2.65. The zero-order valence-electron chi connectivity index (χ0n) is 6.45. The maximum Gasteiger partial charge on any atom is 0.306 e. The van der Waals surface area contributed by atoms with E-state index in [0.717, 1.165) is 0 Å². The third-order valence-corrected chi connectivity index (χ3v) is 3.81. The zero-order valence-corrected chi connectivity index (χ0v) is 7.26. The van der Waals surface area contributed by atoms with Crippen LogP contribution in [0.15, 0.2) is 0 Å². The van der Waals surface area contributed by atoms with Crippen LogP contribution >= 0.6 is 0 Å². The molecular weight excluding hydrogens is 164 g/mol. The molecule has 0 amide bonds. The molecule has 1 aliphatic heterocycles. The fraction of sp³-hybridized carbons (Fsp3) is 0.857. The highest BCUT2D eigenvalue weighted by Gasteiger charge is 2.28. The molecule has 0 radical (unpaired) electrons. The molecule has 0 aromatic carbocycles. The van der Waals surface area contributed by atoms with Crippen molar-refractivity contribution in [3.8, 4) is 0 Å². The summed E-state index contributed by atoms with van der Waals surface area (Å²) in [6, 6.07) is 0. The Bertz CT molecular complexity index is 190. The molecule has 11 heavy (non-hydrogen) atoms. The highest BCUT2D eigenvalue weighted by molar-refractivity contribution is 7.85. The molecule has 4 heteroatoms. The van der Waals surface area contributed by atoms with Crippen molar-refractivity contribution in [3.05, 3.63) is 0 Å². The summed E-state index contributed by atoms with van der Waals surface area (Å²) in [7, 11) is -0.786. The average molecular weight is 176 g/mol. The molecular formula is C7H12O3S. The third-order valence-electron chi connectivity index (χ3n) is 2.08. The molecule has 1 N–H and O–H groups in total. The van der Waals surface area contributed by atoms with Crippen LogP contribution in [0.25, 0.3) is 0 Å². The molecule has 3 atom stereocenters. The second-order valence-electron chi connectivity index (χ2n) is 2.96. The van der Waals surface area contributed by atoms with E-state index < -0.39 is 16.8 Å². The standard InChI is InChI=1S/C7H12O3S/c1-5-4-6(7(8)9)2-3-11(5)10/h5-6H,2-4H2,1H3,(H,8,9). The summed E-state index contributed by atoms with van der Waals surface area (Å²) in [6.07, 6.45) is 1.15. The quantitative estimate of drug-likeness (QED) is 0.637. The summed E-state index contributed by atoms with van der Waals surface area (Å²) in [5.41, 5.74) is 0. The van der Waals surface area contributed by atoms with Crippen molar-refractivity contribution < 1.29 is 14.1 Å². The van der Waals surface area contributed by atoms with Crippen LogP contribution in [0.3, 0.4) is 0 Å². The van der Waals surface area contributed by atoms with E-state index in [1.165, 1.54) is 0 Å². The first kappa shape index (κ1) is 8.71. The summed E-state index contributed by atoms with van der Waals surface area (Å²) in [5.74, 6) is -0.450. The lowest BCUT2D eigenvalue weighted by molar-refractivity contribution is -0.142. The fourth-order valence-electron chi connectivity index (χ4n) is 1.31. The first-order valence-corrected chi connectivity index (χ1v) is 5.09. The minimum Gasteiger partial charge on any atom is -0.481 e. The molecule has 0 aromatic heterocycles. The first-order valence-electron chi connectivity index (χ1n) is 3.71. The number of rotatable bonds is 1. The Morgan fingerprint density at radius 3 is 2.73 bits per heavy atom. The highest BCUT2D eigenvalue weighted by Crippen LogP contribution is 2.22. The van der Waals surface area contributed by atoms with Crippen molar-refractivity contribution in [3.63, 3.8) is 0 Å². The van der Waals surface area contributed by atoms with Gasteiger partial charge >= 0.3 is 5.97 Å². The van der Waals surface area contributed by atoms with Crippen LogP contribution in [0, 0.1) is 5.92 Å². The van der Waals surface area contributed by atoms with E-state index in [-0.39, 0.29) is 11.2 Å². The van der Waals surface area contributed by atoms with Crippen molar-refractivity contribution in [2.75, 3.05) is 5.75 Å². The van der Waals surface area contributed by atoms with Gasteiger partial charge in [-0.1, -0.05) is 6.92 Å². The Morgan fingerprint density at radius 1 is 1.64 bits per heavy atom. The van der Waals surface area contributed by atoms with Gasteiger partial charge in [-0.15, -0.1) is 0 Å². The fourth-order valence-corrected chi connectivity index (χ4v) is 2.68. The predicted octanol–water partition coefficient (Wildman–Crippen LogP) is 0.618. The van der Waals surface area contributed by atoms with Crippen LogP contribution in [0.1, 0.15) is 19.8 Å². The van der Waals surface area contributed by atoms with Gasteiger partial charge in [0.1, 0.15) is 0 Å². The molecule has 0 bridgehead atoms. The van der Waals surface area contributed by atoms with Crippen LogP contribution in [0.4, 0.5) is 0 Å². The summed E-state index contributed by atoms with van der Waals surface area (Å²) in [4.78, 5) is 10.5. The number of hydrogen-bond donors (Lipinski definition) is 1. The summed E-state index contributed by atoms with van der Waals surface area (Å²) >= 11 is 0. The third kappa shape index (κ3) is 2.02. The molecule has 0 aromatic rings. The van der Waals surface area contributed by atoms with Crippen LogP contribution in [-0.2, 0) is 15.6 Å². The maximum atomic E-state index is 11.1. The highest BCUT2D eigenvalue weighted by atomic mass is 32.2. The largest absolute Gasteiger partial charge is 0.481 e. The van der Waals surface area contributed by atoms with Crippen molar-refractivity contribution in [2.24, 2.45) is 5.92 Å². The van der Waals surface area contributed by atoms with Gasteiger partial charge in [0, 0.05) is 21.8 Å². The van der Waals surface area contributed by atoms with E-state index in [1.54, 1.807) is 0 Å². The van der Waals surface area contributed by atoms with Crippen LogP contribution < -0.4 is 0 Å². The SMILES string of the molecule is CC1CC(C(=O)O)CCS1=O. The number of carboxylic acids is 1. The molecule has 0 saturated carbocycles.